The molecule has 39 heavy (non-hydrogen) atoms. The molecule has 2 heterocycles. The van der Waals surface area contributed by atoms with Crippen molar-refractivity contribution >= 4 is 41.1 Å². The Kier molecular flexibility index (Phi) is 9.77. The number of likely N-dealkylation sites (tertiary alicyclic amines) is 1. The molecule has 9 nitrogen and oxygen atoms in total. The number of aliphatic carboxylic acids is 1. The van der Waals surface area contributed by atoms with Crippen LogP contribution in [0, 0.1) is 11.3 Å². The van der Waals surface area contributed by atoms with Crippen molar-refractivity contribution in [3.8, 4) is 0 Å². The predicted molar refractivity (Wildman–Crippen MR) is 150 cm³/mol. The van der Waals surface area contributed by atoms with Crippen molar-refractivity contribution in [2.45, 2.75) is 63.8 Å². The molecule has 2 fully saturated rings. The van der Waals surface area contributed by atoms with E-state index in [1.54, 1.807) is 35.6 Å². The van der Waals surface area contributed by atoms with E-state index in [1.807, 2.05) is 11.6 Å². The van der Waals surface area contributed by atoms with Gasteiger partial charge >= 0.3 is 12.0 Å². The second-order valence-corrected chi connectivity index (χ2v) is 11.6. The number of benzene rings is 1. The minimum absolute atomic E-state index is 0.149. The molecule has 3 amide bonds. The van der Waals surface area contributed by atoms with Gasteiger partial charge in [0.2, 0.25) is 5.91 Å². The summed E-state index contributed by atoms with van der Waals surface area (Å²) in [6.45, 7) is 1.08. The summed E-state index contributed by atoms with van der Waals surface area (Å²) in [6, 6.07) is 3.85. The molecule has 1 atom stereocenters. The molecular weight excluding hydrogens is 541 g/mol. The summed E-state index contributed by atoms with van der Waals surface area (Å²) in [7, 11) is 1.89. The minimum atomic E-state index is -0.842. The topological polar surface area (TPSA) is 117 Å². The first kappa shape index (κ1) is 29.2. The highest BCUT2D eigenvalue weighted by molar-refractivity contribution is 6.42. The Hall–Kier alpha value is -2.78. The van der Waals surface area contributed by atoms with Gasteiger partial charge in [-0.3, -0.25) is 9.59 Å². The van der Waals surface area contributed by atoms with E-state index in [-0.39, 0.29) is 18.2 Å². The van der Waals surface area contributed by atoms with Crippen LogP contribution in [0.5, 0.6) is 0 Å². The third-order valence-corrected chi connectivity index (χ3v) is 9.13. The SMILES string of the molecule is Cn1cncc1CCNC(=O)NC(Cc1ccc(Cl)c(Cl)c1)C(=O)N1CCC(C(=O)O)(C2CCCCC2)CC1. The van der Waals surface area contributed by atoms with Crippen molar-refractivity contribution in [1.29, 1.82) is 0 Å². The van der Waals surface area contributed by atoms with Crippen LogP contribution in [-0.2, 0) is 29.5 Å². The molecule has 3 N–H and O–H groups in total. The van der Waals surface area contributed by atoms with Crippen molar-refractivity contribution in [3.63, 3.8) is 0 Å². The molecule has 1 saturated carbocycles. The molecule has 0 spiro atoms. The van der Waals surface area contributed by atoms with Crippen LogP contribution in [0.15, 0.2) is 30.7 Å². The number of rotatable bonds is 9. The second-order valence-electron chi connectivity index (χ2n) is 10.8. The Bertz CT molecular complexity index is 1170. The highest BCUT2D eigenvalue weighted by Gasteiger charge is 2.48. The number of hydrogen-bond donors (Lipinski definition) is 3. The highest BCUT2D eigenvalue weighted by atomic mass is 35.5. The molecule has 2 aromatic rings. The Morgan fingerprint density at radius 2 is 1.85 bits per heavy atom. The number of halogens is 2. The number of nitrogens with one attached hydrogen (secondary N) is 2. The molecule has 2 aliphatic rings. The fourth-order valence-electron chi connectivity index (χ4n) is 6.04. The van der Waals surface area contributed by atoms with E-state index in [0.717, 1.165) is 43.4 Å². The number of urea groups is 1. The third kappa shape index (κ3) is 7.06. The number of nitrogens with zero attached hydrogens (tertiary/aromatic N) is 3. The van der Waals surface area contributed by atoms with Gasteiger partial charge in [-0.2, -0.15) is 0 Å². The summed E-state index contributed by atoms with van der Waals surface area (Å²) in [6.07, 6.45) is 10.3. The zero-order chi connectivity index (χ0) is 28.0. The lowest BCUT2D eigenvalue weighted by molar-refractivity contribution is -0.160. The van der Waals surface area contributed by atoms with Crippen molar-refractivity contribution in [2.24, 2.45) is 18.4 Å². The van der Waals surface area contributed by atoms with E-state index in [2.05, 4.69) is 15.6 Å². The van der Waals surface area contributed by atoms with Crippen LogP contribution in [0.25, 0.3) is 0 Å². The van der Waals surface area contributed by atoms with Crippen molar-refractivity contribution < 1.29 is 19.5 Å². The van der Waals surface area contributed by atoms with Crippen LogP contribution in [0.4, 0.5) is 4.79 Å². The molecule has 11 heteroatoms. The first-order valence-electron chi connectivity index (χ1n) is 13.7. The number of amides is 3. The largest absolute Gasteiger partial charge is 0.481 e. The summed E-state index contributed by atoms with van der Waals surface area (Å²) in [5.41, 5.74) is 0.955. The van der Waals surface area contributed by atoms with Gasteiger partial charge in [0.15, 0.2) is 0 Å². The second kappa shape index (κ2) is 13.0. The van der Waals surface area contributed by atoms with Crippen LogP contribution in [0.1, 0.15) is 56.2 Å². The number of imidazole rings is 1. The van der Waals surface area contributed by atoms with Crippen molar-refractivity contribution in [2.75, 3.05) is 19.6 Å². The normalized spacial score (nSPS) is 18.4. The monoisotopic (exact) mass is 577 g/mol. The van der Waals surface area contributed by atoms with Gasteiger partial charge in [-0.1, -0.05) is 48.5 Å². The van der Waals surface area contributed by atoms with Gasteiger partial charge in [-0.15, -0.1) is 0 Å². The molecule has 1 aromatic carbocycles. The Balaban J connectivity index is 1.43. The van der Waals surface area contributed by atoms with E-state index < -0.39 is 23.5 Å². The number of hydrogen-bond acceptors (Lipinski definition) is 4. The van der Waals surface area contributed by atoms with Gasteiger partial charge in [0.05, 0.1) is 21.8 Å². The number of aryl methyl sites for hydroxylation is 1. The van der Waals surface area contributed by atoms with Crippen LogP contribution in [-0.4, -0.2) is 63.1 Å². The lowest BCUT2D eigenvalue weighted by atomic mass is 9.64. The first-order valence-corrected chi connectivity index (χ1v) is 14.4. The molecule has 1 aliphatic carbocycles. The molecule has 1 aliphatic heterocycles. The molecule has 1 aromatic heterocycles. The van der Waals surface area contributed by atoms with E-state index in [9.17, 15) is 19.5 Å². The predicted octanol–water partition coefficient (Wildman–Crippen LogP) is 4.45. The Labute approximate surface area is 239 Å². The Morgan fingerprint density at radius 3 is 2.46 bits per heavy atom. The highest BCUT2D eigenvalue weighted by Crippen LogP contribution is 2.46. The summed E-state index contributed by atoms with van der Waals surface area (Å²) < 4.78 is 1.89. The number of carbonyl (C=O) groups excluding carboxylic acids is 2. The number of carbonyl (C=O) groups is 3. The standard InChI is InChI=1S/C28H37Cl2N5O4/c1-34-18-31-17-21(34)9-12-32-27(39)33-24(16-19-7-8-22(29)23(30)15-19)25(36)35-13-10-28(11-14-35,26(37)38)20-5-3-2-4-6-20/h7-8,15,17-18,20,24H,2-6,9-14,16H2,1H3,(H,37,38)(H2,32,33,39). The zero-order valence-electron chi connectivity index (χ0n) is 22.3. The summed E-state index contributed by atoms with van der Waals surface area (Å²) >= 11 is 12.3. The van der Waals surface area contributed by atoms with Crippen LogP contribution in [0.3, 0.4) is 0 Å². The maximum atomic E-state index is 13.7. The van der Waals surface area contributed by atoms with Gasteiger partial charge in [0, 0.05) is 51.4 Å². The molecule has 4 rings (SSSR count). The van der Waals surface area contributed by atoms with Gasteiger partial charge < -0.3 is 25.2 Å². The molecule has 1 saturated heterocycles. The number of carboxylic acid groups (broad SMARTS) is 1. The Morgan fingerprint density at radius 1 is 1.13 bits per heavy atom. The maximum Gasteiger partial charge on any atom is 0.315 e. The zero-order valence-corrected chi connectivity index (χ0v) is 23.8. The number of aromatic nitrogens is 2. The van der Waals surface area contributed by atoms with Gasteiger partial charge in [0.25, 0.3) is 0 Å². The maximum absolute atomic E-state index is 13.7. The van der Waals surface area contributed by atoms with Gasteiger partial charge in [0.1, 0.15) is 6.04 Å². The fraction of sp³-hybridized carbons (Fsp3) is 0.571. The molecule has 1 unspecified atom stereocenters. The van der Waals surface area contributed by atoms with Crippen LogP contribution < -0.4 is 10.6 Å². The molecule has 212 valence electrons. The smallest absolute Gasteiger partial charge is 0.315 e. The average molecular weight is 579 g/mol. The lowest BCUT2D eigenvalue weighted by Crippen LogP contribution is -2.56. The minimum Gasteiger partial charge on any atom is -0.481 e. The third-order valence-electron chi connectivity index (χ3n) is 8.39. The van der Waals surface area contributed by atoms with Gasteiger partial charge in [-0.05, 0) is 49.3 Å². The lowest BCUT2D eigenvalue weighted by Gasteiger charge is -2.45. The van der Waals surface area contributed by atoms with Crippen molar-refractivity contribution in [1.82, 2.24) is 25.1 Å². The van der Waals surface area contributed by atoms with E-state index in [1.165, 1.54) is 0 Å². The average Bonchev–Trinajstić information content (AvgIpc) is 3.34. The van der Waals surface area contributed by atoms with Gasteiger partial charge in [-0.25, -0.2) is 9.78 Å². The summed E-state index contributed by atoms with van der Waals surface area (Å²) in [5, 5.41) is 16.7. The van der Waals surface area contributed by atoms with E-state index in [0.29, 0.717) is 48.9 Å². The molecular formula is C28H37Cl2N5O4. The van der Waals surface area contributed by atoms with E-state index in [4.69, 9.17) is 23.2 Å². The van der Waals surface area contributed by atoms with Crippen molar-refractivity contribution in [3.05, 3.63) is 52.0 Å². The summed E-state index contributed by atoms with van der Waals surface area (Å²) in [4.78, 5) is 44.8. The molecule has 0 radical (unpaired) electrons. The van der Waals surface area contributed by atoms with E-state index >= 15 is 0 Å². The summed E-state index contributed by atoms with van der Waals surface area (Å²) in [5.74, 6) is -0.832. The fourth-order valence-corrected chi connectivity index (χ4v) is 6.36. The van der Waals surface area contributed by atoms with Crippen LogP contribution >= 0.6 is 23.2 Å². The quantitative estimate of drug-likeness (QED) is 0.407. The number of piperidine rings is 1. The van der Waals surface area contributed by atoms with Crippen LogP contribution in [0.2, 0.25) is 10.0 Å². The first-order chi connectivity index (χ1) is 18.7. The number of carboxylic acids is 1. The molecule has 0 bridgehead atoms.